The number of nitrogens with zero attached hydrogens (tertiary/aromatic N) is 5. The molecule has 13 heteroatoms. The highest BCUT2D eigenvalue weighted by atomic mass is 19.4. The summed E-state index contributed by atoms with van der Waals surface area (Å²) in [6.45, 7) is 2.86. The molecule has 0 saturated carbocycles. The van der Waals surface area contributed by atoms with E-state index in [0.717, 1.165) is 31.6 Å². The second-order valence-electron chi connectivity index (χ2n) is 7.51. The molecule has 4 rings (SSSR count). The highest BCUT2D eigenvalue weighted by molar-refractivity contribution is 5.62. The lowest BCUT2D eigenvalue weighted by atomic mass is 10.1. The van der Waals surface area contributed by atoms with E-state index >= 15 is 0 Å². The van der Waals surface area contributed by atoms with Gasteiger partial charge in [0, 0.05) is 18.0 Å². The van der Waals surface area contributed by atoms with Gasteiger partial charge in [0.2, 0.25) is 5.95 Å². The predicted octanol–water partition coefficient (Wildman–Crippen LogP) is 5.04. The second-order valence-corrected chi connectivity index (χ2v) is 7.51. The summed E-state index contributed by atoms with van der Waals surface area (Å²) < 4.78 is 72.3. The molecule has 0 unspecified atom stereocenters. The van der Waals surface area contributed by atoms with E-state index in [9.17, 15) is 26.7 Å². The first-order valence-corrected chi connectivity index (χ1v) is 10.2. The molecule has 35 heavy (non-hydrogen) atoms. The van der Waals surface area contributed by atoms with E-state index < -0.39 is 41.5 Å². The minimum absolute atomic E-state index is 0.0747. The molecule has 0 fully saturated rings. The van der Waals surface area contributed by atoms with E-state index in [0.29, 0.717) is 21.4 Å². The Morgan fingerprint density at radius 2 is 1.83 bits per heavy atom. The number of rotatable bonds is 6. The Bertz CT molecular complexity index is 1400. The summed E-state index contributed by atoms with van der Waals surface area (Å²) in [6.07, 6.45) is -2.01. The van der Waals surface area contributed by atoms with Gasteiger partial charge < -0.3 is 9.73 Å². The van der Waals surface area contributed by atoms with E-state index in [4.69, 9.17) is 0 Å². The fraction of sp³-hybridized carbons (Fsp3) is 0.227. The molecule has 8 nitrogen and oxygen atoms in total. The van der Waals surface area contributed by atoms with Crippen molar-refractivity contribution in [2.75, 3.05) is 5.32 Å². The van der Waals surface area contributed by atoms with E-state index in [1.54, 1.807) is 19.1 Å². The molecule has 0 aliphatic carbocycles. The van der Waals surface area contributed by atoms with Crippen LogP contribution < -0.4 is 11.1 Å². The zero-order valence-corrected chi connectivity index (χ0v) is 18.2. The van der Waals surface area contributed by atoms with Gasteiger partial charge >= 0.3 is 11.9 Å². The van der Waals surface area contributed by atoms with Crippen molar-refractivity contribution in [3.05, 3.63) is 82.6 Å². The molecule has 0 aliphatic heterocycles. The topological polar surface area (TPSA) is 98.7 Å². The molecule has 4 heterocycles. The van der Waals surface area contributed by atoms with Gasteiger partial charge in [-0.3, -0.25) is 9.97 Å². The fourth-order valence-electron chi connectivity index (χ4n) is 3.25. The summed E-state index contributed by atoms with van der Waals surface area (Å²) in [5.41, 5.74) is -0.00995. The lowest BCUT2D eigenvalue weighted by Crippen LogP contribution is -2.20. The molecular formula is C22H17F5N6O2. The van der Waals surface area contributed by atoms with Crippen molar-refractivity contribution in [2.24, 2.45) is 0 Å². The summed E-state index contributed by atoms with van der Waals surface area (Å²) in [6, 6.07) is 5.02. The van der Waals surface area contributed by atoms with Crippen molar-refractivity contribution >= 4 is 5.95 Å². The standard InChI is InChI=1S/C22H17F5N6O2/c1-11(23)17-10-35-21(34)33(17)19-15(24)9-30-20(32-19)31-12(2)16-4-3-14(8-29-16)13-5-6-28-18(7-13)22(25,26)27/h3-12H,1-2H3,(H,30,31,32)/t11-,12-/m0/s1. The van der Waals surface area contributed by atoms with E-state index in [1.165, 1.54) is 12.3 Å². The fourth-order valence-corrected chi connectivity index (χ4v) is 3.25. The van der Waals surface area contributed by atoms with Crippen LogP contribution in [0.15, 0.2) is 58.3 Å². The van der Waals surface area contributed by atoms with Gasteiger partial charge in [-0.15, -0.1) is 0 Å². The second kappa shape index (κ2) is 9.24. The number of pyridine rings is 2. The van der Waals surface area contributed by atoms with Gasteiger partial charge in [0.25, 0.3) is 0 Å². The smallest absolute Gasteiger partial charge is 0.416 e. The van der Waals surface area contributed by atoms with Crippen molar-refractivity contribution in [2.45, 2.75) is 32.2 Å². The van der Waals surface area contributed by atoms with Crippen LogP contribution in [0.4, 0.5) is 27.9 Å². The van der Waals surface area contributed by atoms with Crippen LogP contribution >= 0.6 is 0 Å². The molecule has 0 spiro atoms. The summed E-state index contributed by atoms with van der Waals surface area (Å²) in [4.78, 5) is 27.4. The average Bonchev–Trinajstić information content (AvgIpc) is 3.21. The van der Waals surface area contributed by atoms with E-state index in [2.05, 4.69) is 29.7 Å². The van der Waals surface area contributed by atoms with Crippen LogP contribution in [0.25, 0.3) is 16.9 Å². The Labute approximate surface area is 194 Å². The maximum Gasteiger partial charge on any atom is 0.433 e. The molecule has 0 amide bonds. The third-order valence-electron chi connectivity index (χ3n) is 5.03. The van der Waals surface area contributed by atoms with Crippen molar-refractivity contribution in [1.82, 2.24) is 24.5 Å². The summed E-state index contributed by atoms with van der Waals surface area (Å²) in [5.74, 6) is -2.54. The van der Waals surface area contributed by atoms with Gasteiger partial charge in [-0.05, 0) is 37.6 Å². The highest BCUT2D eigenvalue weighted by Crippen LogP contribution is 2.30. The molecule has 0 aromatic carbocycles. The number of anilines is 1. The van der Waals surface area contributed by atoms with Crippen LogP contribution in [0.1, 0.15) is 43.1 Å². The molecule has 4 aromatic heterocycles. The number of alkyl halides is 4. The average molecular weight is 492 g/mol. The quantitative estimate of drug-likeness (QED) is 0.377. The molecule has 0 bridgehead atoms. The lowest BCUT2D eigenvalue weighted by molar-refractivity contribution is -0.141. The Hall–Kier alpha value is -4.16. The minimum atomic E-state index is -4.57. The van der Waals surface area contributed by atoms with E-state index in [-0.39, 0.29) is 11.6 Å². The normalized spacial score (nSPS) is 13.5. The van der Waals surface area contributed by atoms with Crippen LogP contribution in [0.3, 0.4) is 0 Å². The van der Waals surface area contributed by atoms with Crippen LogP contribution in [0.2, 0.25) is 0 Å². The van der Waals surface area contributed by atoms with Crippen molar-refractivity contribution < 1.29 is 26.4 Å². The number of nitrogens with one attached hydrogen (secondary N) is 1. The van der Waals surface area contributed by atoms with Gasteiger partial charge in [0.1, 0.15) is 23.8 Å². The first-order chi connectivity index (χ1) is 16.5. The number of halogens is 5. The molecule has 1 N–H and O–H groups in total. The number of hydrogen-bond acceptors (Lipinski definition) is 7. The van der Waals surface area contributed by atoms with Crippen LogP contribution in [-0.4, -0.2) is 24.5 Å². The van der Waals surface area contributed by atoms with Gasteiger partial charge in [0.15, 0.2) is 11.6 Å². The maximum absolute atomic E-state index is 14.4. The molecule has 4 aromatic rings. The first-order valence-electron chi connectivity index (χ1n) is 10.2. The van der Waals surface area contributed by atoms with Gasteiger partial charge in [-0.25, -0.2) is 23.1 Å². The van der Waals surface area contributed by atoms with Gasteiger partial charge in [-0.2, -0.15) is 18.2 Å². The summed E-state index contributed by atoms with van der Waals surface area (Å²) in [7, 11) is 0. The molecular weight excluding hydrogens is 475 g/mol. The highest BCUT2D eigenvalue weighted by Gasteiger charge is 2.32. The summed E-state index contributed by atoms with van der Waals surface area (Å²) in [5, 5.41) is 2.89. The van der Waals surface area contributed by atoms with Crippen molar-refractivity contribution in [3.8, 4) is 16.9 Å². The first kappa shape index (κ1) is 24.0. The lowest BCUT2D eigenvalue weighted by Gasteiger charge is -2.15. The molecule has 0 aliphatic rings. The maximum atomic E-state index is 14.4. The Morgan fingerprint density at radius 1 is 1.06 bits per heavy atom. The minimum Gasteiger partial charge on any atom is -0.416 e. The zero-order chi connectivity index (χ0) is 25.3. The monoisotopic (exact) mass is 492 g/mol. The van der Waals surface area contributed by atoms with E-state index in [1.807, 2.05) is 0 Å². The molecule has 0 saturated heterocycles. The number of hydrogen-bond donors (Lipinski definition) is 1. The third kappa shape index (κ3) is 5.03. The Balaban J connectivity index is 1.56. The SMILES string of the molecule is C[C@H](F)c1coc(=O)n1-c1nc(N[C@@H](C)c2ccc(-c3ccnc(C(F)(F)F)c3)cn2)ncc1F. The molecule has 0 radical (unpaired) electrons. The van der Waals surface area contributed by atoms with Gasteiger partial charge in [-0.1, -0.05) is 6.07 Å². The Kier molecular flexibility index (Phi) is 6.33. The van der Waals surface area contributed by atoms with Crippen molar-refractivity contribution in [1.29, 1.82) is 0 Å². The van der Waals surface area contributed by atoms with Gasteiger partial charge in [0.05, 0.1) is 17.9 Å². The Morgan fingerprint density at radius 3 is 2.49 bits per heavy atom. The number of oxazole rings is 1. The number of aromatic nitrogens is 5. The zero-order valence-electron chi connectivity index (χ0n) is 18.2. The molecule has 2 atom stereocenters. The van der Waals surface area contributed by atoms with Crippen LogP contribution in [0, 0.1) is 5.82 Å². The largest absolute Gasteiger partial charge is 0.433 e. The predicted molar refractivity (Wildman–Crippen MR) is 114 cm³/mol. The summed E-state index contributed by atoms with van der Waals surface area (Å²) >= 11 is 0. The third-order valence-corrected chi connectivity index (χ3v) is 5.03. The van der Waals surface area contributed by atoms with Crippen LogP contribution in [0.5, 0.6) is 0 Å². The molecule has 182 valence electrons. The van der Waals surface area contributed by atoms with Crippen molar-refractivity contribution in [3.63, 3.8) is 0 Å². The van der Waals surface area contributed by atoms with Crippen LogP contribution in [-0.2, 0) is 6.18 Å².